The first kappa shape index (κ1) is 25.5. The highest BCUT2D eigenvalue weighted by atomic mass is 32.2. The largest absolute Gasteiger partial charge is 0.477 e. The quantitative estimate of drug-likeness (QED) is 0.377. The molecule has 0 bridgehead atoms. The molecule has 0 unspecified atom stereocenters. The van der Waals surface area contributed by atoms with E-state index >= 15 is 0 Å². The third-order valence-electron chi connectivity index (χ3n) is 5.27. The zero-order valence-electron chi connectivity index (χ0n) is 18.3. The van der Waals surface area contributed by atoms with Crippen molar-refractivity contribution >= 4 is 52.6 Å². The summed E-state index contributed by atoms with van der Waals surface area (Å²) in [5, 5.41) is 23.9. The molecular formula is C19H19F3N6O4S3. The Labute approximate surface area is 209 Å². The van der Waals surface area contributed by atoms with E-state index in [1.54, 1.807) is 0 Å². The first-order chi connectivity index (χ1) is 16.5. The summed E-state index contributed by atoms with van der Waals surface area (Å²) in [6.45, 7) is 3.17. The van der Waals surface area contributed by atoms with Gasteiger partial charge >= 0.3 is 12.1 Å². The van der Waals surface area contributed by atoms with Crippen LogP contribution in [-0.2, 0) is 27.1 Å². The number of hydrogen-bond donors (Lipinski definition) is 2. The van der Waals surface area contributed by atoms with Crippen LogP contribution in [0.15, 0.2) is 21.7 Å². The maximum Gasteiger partial charge on any atom is 0.435 e. The summed E-state index contributed by atoms with van der Waals surface area (Å²) in [7, 11) is 0. The van der Waals surface area contributed by atoms with Crippen molar-refractivity contribution < 1.29 is 32.7 Å². The van der Waals surface area contributed by atoms with E-state index in [1.165, 1.54) is 46.7 Å². The van der Waals surface area contributed by atoms with Gasteiger partial charge in [-0.3, -0.25) is 19.2 Å². The fraction of sp³-hybridized carbons (Fsp3) is 0.474. The zero-order chi connectivity index (χ0) is 25.5. The molecule has 1 fully saturated rings. The number of fused-ring (bicyclic) bond motifs is 1. The molecule has 2 N–H and O–H groups in total. The summed E-state index contributed by atoms with van der Waals surface area (Å²) in [6.07, 6.45) is -4.77. The molecule has 2 aromatic rings. The summed E-state index contributed by atoms with van der Waals surface area (Å²) in [5.74, 6) is -1.62. The molecule has 0 aliphatic carbocycles. The van der Waals surface area contributed by atoms with Gasteiger partial charge in [-0.1, -0.05) is 23.1 Å². The van der Waals surface area contributed by atoms with Crippen molar-refractivity contribution in [2.24, 2.45) is 0 Å². The van der Waals surface area contributed by atoms with Crippen LogP contribution >= 0.6 is 34.9 Å². The van der Waals surface area contributed by atoms with Gasteiger partial charge in [-0.25, -0.2) is 4.79 Å². The van der Waals surface area contributed by atoms with Gasteiger partial charge in [0, 0.05) is 30.2 Å². The predicted molar refractivity (Wildman–Crippen MR) is 122 cm³/mol. The molecular weight excluding hydrogens is 529 g/mol. The van der Waals surface area contributed by atoms with Crippen molar-refractivity contribution in [2.75, 3.05) is 11.5 Å². The molecule has 0 saturated carbocycles. The predicted octanol–water partition coefficient (Wildman–Crippen LogP) is 2.29. The van der Waals surface area contributed by atoms with Crippen molar-refractivity contribution in [3.63, 3.8) is 0 Å². The number of aryl methyl sites for hydroxylation is 3. The molecule has 2 amide bonds. The lowest BCUT2D eigenvalue weighted by Gasteiger charge is -2.49. The number of hydrogen-bond acceptors (Lipinski definition) is 9. The van der Waals surface area contributed by atoms with Crippen LogP contribution in [0.3, 0.4) is 0 Å². The lowest BCUT2D eigenvalue weighted by Crippen LogP contribution is -2.70. The van der Waals surface area contributed by atoms with E-state index in [1.807, 2.05) is 6.92 Å². The fourth-order valence-corrected chi connectivity index (χ4v) is 6.91. The van der Waals surface area contributed by atoms with Crippen LogP contribution in [0.1, 0.15) is 22.8 Å². The molecule has 16 heteroatoms. The van der Waals surface area contributed by atoms with Gasteiger partial charge in [-0.2, -0.15) is 18.3 Å². The Morgan fingerprint density at radius 3 is 2.66 bits per heavy atom. The Morgan fingerprint density at radius 1 is 1.31 bits per heavy atom. The second kappa shape index (κ2) is 9.81. The van der Waals surface area contributed by atoms with Gasteiger partial charge in [-0.15, -0.1) is 22.0 Å². The first-order valence-electron chi connectivity index (χ1n) is 10.2. The van der Waals surface area contributed by atoms with Gasteiger partial charge in [-0.05, 0) is 25.5 Å². The standard InChI is InChI=1S/C19H19F3N6O4S3/c1-8-5-11(19(20,21)22)26-27(8)4-3-12(29)23-13-15(30)28-14(17(31)32)10(6-33-16(13)28)7-34-18-25-24-9(2)35-18/h5,13,16H,3-4,6-7H2,1-2H3,(H,23,29)(H,31,32)/t13-,16+/m1/s1. The van der Waals surface area contributed by atoms with E-state index in [0.29, 0.717) is 21.4 Å². The highest BCUT2D eigenvalue weighted by molar-refractivity contribution is 8.01. The van der Waals surface area contributed by atoms with E-state index in [-0.39, 0.29) is 24.4 Å². The van der Waals surface area contributed by atoms with Crippen molar-refractivity contribution in [1.29, 1.82) is 0 Å². The van der Waals surface area contributed by atoms with E-state index in [0.717, 1.165) is 15.8 Å². The zero-order valence-corrected chi connectivity index (χ0v) is 20.8. The lowest BCUT2D eigenvalue weighted by atomic mass is 10.0. The molecule has 0 radical (unpaired) electrons. The average molecular weight is 549 g/mol. The average Bonchev–Trinajstić information content (AvgIpc) is 3.38. The molecule has 1 saturated heterocycles. The van der Waals surface area contributed by atoms with Crippen molar-refractivity contribution in [1.82, 2.24) is 30.2 Å². The summed E-state index contributed by atoms with van der Waals surface area (Å²) in [6, 6.07) is -0.0162. The van der Waals surface area contributed by atoms with E-state index in [9.17, 15) is 32.7 Å². The van der Waals surface area contributed by atoms with E-state index in [4.69, 9.17) is 0 Å². The Morgan fingerprint density at radius 2 is 2.06 bits per heavy atom. The number of alkyl halides is 3. The number of carboxylic acids is 1. The van der Waals surface area contributed by atoms with Crippen LogP contribution in [0.4, 0.5) is 13.2 Å². The number of aromatic nitrogens is 4. The van der Waals surface area contributed by atoms with Gasteiger partial charge in [0.05, 0.1) is 0 Å². The fourth-order valence-electron chi connectivity index (χ4n) is 3.61. The molecule has 10 nitrogen and oxygen atoms in total. The highest BCUT2D eigenvalue weighted by Crippen LogP contribution is 2.41. The molecule has 0 aromatic carbocycles. The maximum atomic E-state index is 12.8. The summed E-state index contributed by atoms with van der Waals surface area (Å²) in [5.41, 5.74) is -0.305. The SMILES string of the molecule is Cc1nnc(SCC2=C(C(=O)O)N3C(=O)[C@@H](NC(=O)CCn4nc(C(F)(F)F)cc4C)[C@@H]3SC2)s1. The Hall–Kier alpha value is -2.59. The summed E-state index contributed by atoms with van der Waals surface area (Å²) in [4.78, 5) is 38.3. The van der Waals surface area contributed by atoms with Gasteiger partial charge in [0.1, 0.15) is 22.1 Å². The molecule has 0 spiro atoms. The topological polar surface area (TPSA) is 130 Å². The minimum atomic E-state index is -4.58. The molecule has 2 aliphatic rings. The number of amides is 2. The Bertz CT molecular complexity index is 1210. The molecule has 2 aliphatic heterocycles. The number of rotatable bonds is 8. The van der Waals surface area contributed by atoms with Crippen LogP contribution < -0.4 is 5.32 Å². The maximum absolute atomic E-state index is 12.8. The van der Waals surface area contributed by atoms with E-state index < -0.39 is 41.1 Å². The van der Waals surface area contributed by atoms with Gasteiger partial charge in [0.15, 0.2) is 10.0 Å². The van der Waals surface area contributed by atoms with Crippen molar-refractivity contribution in [3.8, 4) is 0 Å². The number of β-lactam (4-membered cyclic amide) rings is 1. The van der Waals surface area contributed by atoms with Gasteiger partial charge < -0.3 is 10.4 Å². The number of aliphatic carboxylic acids is 1. The third kappa shape index (κ3) is 5.33. The molecule has 2 atom stereocenters. The van der Waals surface area contributed by atoms with Crippen LogP contribution in [0.25, 0.3) is 0 Å². The van der Waals surface area contributed by atoms with Gasteiger partial charge in [0.25, 0.3) is 5.91 Å². The van der Waals surface area contributed by atoms with Crippen molar-refractivity contribution in [2.45, 2.75) is 48.7 Å². The number of nitrogens with one attached hydrogen (secondary N) is 1. The normalized spacial score (nSPS) is 20.0. The van der Waals surface area contributed by atoms with E-state index in [2.05, 4.69) is 20.6 Å². The minimum Gasteiger partial charge on any atom is -0.477 e. The minimum absolute atomic E-state index is 0.0927. The summed E-state index contributed by atoms with van der Waals surface area (Å²) < 4.78 is 40.2. The monoisotopic (exact) mass is 548 g/mol. The van der Waals surface area contributed by atoms with Crippen LogP contribution in [-0.4, -0.2) is 70.7 Å². The molecule has 4 heterocycles. The smallest absolute Gasteiger partial charge is 0.435 e. The molecule has 4 rings (SSSR count). The Kier molecular flexibility index (Phi) is 7.15. The van der Waals surface area contributed by atoms with Crippen LogP contribution in [0.5, 0.6) is 0 Å². The summed E-state index contributed by atoms with van der Waals surface area (Å²) >= 11 is 4.07. The number of nitrogens with zero attached hydrogens (tertiary/aromatic N) is 5. The first-order valence-corrected chi connectivity index (χ1v) is 13.0. The second-order valence-electron chi connectivity index (χ2n) is 7.73. The number of halogens is 3. The molecule has 2 aromatic heterocycles. The number of carboxylic acid groups (broad SMARTS) is 1. The lowest BCUT2D eigenvalue weighted by molar-refractivity contribution is -0.150. The number of thioether (sulfide) groups is 2. The highest BCUT2D eigenvalue weighted by Gasteiger charge is 2.54. The molecule has 35 heavy (non-hydrogen) atoms. The third-order valence-corrected chi connectivity index (χ3v) is 8.66. The molecule has 188 valence electrons. The van der Waals surface area contributed by atoms with Gasteiger partial charge in [0.2, 0.25) is 5.91 Å². The van der Waals surface area contributed by atoms with Crippen LogP contribution in [0, 0.1) is 13.8 Å². The number of carbonyl (C=O) groups is 3. The van der Waals surface area contributed by atoms with Crippen LogP contribution in [0.2, 0.25) is 0 Å². The number of carbonyl (C=O) groups excluding carboxylic acids is 2. The van der Waals surface area contributed by atoms with Crippen molar-refractivity contribution in [3.05, 3.63) is 33.7 Å². The second-order valence-corrected chi connectivity index (χ2v) is 11.2. The Balaban J connectivity index is 1.37.